The standard InChI is InChI=1S/C23H28Cl3N3O5S/c1-5-20(23(31)27-6-2)28(13-15-7-8-16(24)11-18(15)25)22(30)14-29(35(4,32)33)17-9-10-21(34-3)19(26)12-17/h7-12,20H,5-6,13-14H2,1-4H3,(H,27,31)/t20-/m0/s1. The van der Waals surface area contributed by atoms with Crippen LogP contribution in [0.2, 0.25) is 15.1 Å². The molecule has 0 saturated heterocycles. The zero-order valence-electron chi connectivity index (χ0n) is 19.8. The summed E-state index contributed by atoms with van der Waals surface area (Å²) in [7, 11) is -2.45. The first-order valence-corrected chi connectivity index (χ1v) is 13.7. The van der Waals surface area contributed by atoms with Gasteiger partial charge < -0.3 is 15.0 Å². The van der Waals surface area contributed by atoms with Crippen molar-refractivity contribution >= 4 is 62.3 Å². The quantitative estimate of drug-likeness (QED) is 0.437. The first-order valence-electron chi connectivity index (χ1n) is 10.7. The van der Waals surface area contributed by atoms with Gasteiger partial charge in [-0.25, -0.2) is 8.42 Å². The van der Waals surface area contributed by atoms with Gasteiger partial charge in [-0.2, -0.15) is 0 Å². The van der Waals surface area contributed by atoms with Gasteiger partial charge in [-0.1, -0.05) is 47.8 Å². The van der Waals surface area contributed by atoms with Gasteiger partial charge in [0.2, 0.25) is 21.8 Å². The van der Waals surface area contributed by atoms with E-state index in [1.54, 1.807) is 26.0 Å². The van der Waals surface area contributed by atoms with E-state index in [9.17, 15) is 18.0 Å². The molecule has 0 radical (unpaired) electrons. The van der Waals surface area contributed by atoms with Crippen molar-refractivity contribution in [3.8, 4) is 5.75 Å². The van der Waals surface area contributed by atoms with Crippen molar-refractivity contribution in [1.82, 2.24) is 10.2 Å². The van der Waals surface area contributed by atoms with Crippen molar-refractivity contribution in [1.29, 1.82) is 0 Å². The molecule has 2 aromatic rings. The Balaban J connectivity index is 2.49. The number of carbonyl (C=O) groups excluding carboxylic acids is 2. The highest BCUT2D eigenvalue weighted by Gasteiger charge is 2.32. The highest BCUT2D eigenvalue weighted by molar-refractivity contribution is 7.92. The molecule has 0 aromatic heterocycles. The van der Waals surface area contributed by atoms with Gasteiger partial charge in [-0.15, -0.1) is 0 Å². The van der Waals surface area contributed by atoms with Crippen LogP contribution in [0.4, 0.5) is 5.69 Å². The van der Waals surface area contributed by atoms with E-state index in [-0.39, 0.29) is 23.2 Å². The maximum Gasteiger partial charge on any atom is 0.244 e. The van der Waals surface area contributed by atoms with E-state index >= 15 is 0 Å². The first-order chi connectivity index (χ1) is 16.4. The fraction of sp³-hybridized carbons (Fsp3) is 0.391. The number of hydrogen-bond donors (Lipinski definition) is 1. The Bertz CT molecular complexity index is 1180. The summed E-state index contributed by atoms with van der Waals surface area (Å²) in [6.45, 7) is 3.33. The summed E-state index contributed by atoms with van der Waals surface area (Å²) >= 11 is 18.5. The van der Waals surface area contributed by atoms with Gasteiger partial charge in [0, 0.05) is 23.1 Å². The van der Waals surface area contributed by atoms with Crippen LogP contribution in [0.15, 0.2) is 36.4 Å². The van der Waals surface area contributed by atoms with E-state index in [0.717, 1.165) is 10.6 Å². The summed E-state index contributed by atoms with van der Waals surface area (Å²) in [4.78, 5) is 27.7. The van der Waals surface area contributed by atoms with E-state index in [1.807, 2.05) is 0 Å². The van der Waals surface area contributed by atoms with Gasteiger partial charge in [0.1, 0.15) is 18.3 Å². The molecule has 8 nitrogen and oxygen atoms in total. The second-order valence-electron chi connectivity index (χ2n) is 7.66. The second-order valence-corrected chi connectivity index (χ2v) is 10.8. The van der Waals surface area contributed by atoms with E-state index in [1.165, 1.54) is 36.3 Å². The zero-order valence-corrected chi connectivity index (χ0v) is 22.9. The molecule has 0 spiro atoms. The minimum Gasteiger partial charge on any atom is -0.495 e. The number of benzene rings is 2. The smallest absolute Gasteiger partial charge is 0.244 e. The average molecular weight is 565 g/mol. The van der Waals surface area contributed by atoms with Gasteiger partial charge in [-0.3, -0.25) is 13.9 Å². The molecule has 1 N–H and O–H groups in total. The molecule has 0 heterocycles. The molecule has 2 rings (SSSR count). The van der Waals surface area contributed by atoms with Gasteiger partial charge in [-0.05, 0) is 49.2 Å². The zero-order chi connectivity index (χ0) is 26.3. The summed E-state index contributed by atoms with van der Waals surface area (Å²) in [5.74, 6) is -0.588. The summed E-state index contributed by atoms with van der Waals surface area (Å²) in [6.07, 6.45) is 1.29. The van der Waals surface area contributed by atoms with Crippen LogP contribution in [-0.2, 0) is 26.2 Å². The van der Waals surface area contributed by atoms with E-state index in [0.29, 0.717) is 34.3 Å². The van der Waals surface area contributed by atoms with Crippen molar-refractivity contribution in [3.63, 3.8) is 0 Å². The van der Waals surface area contributed by atoms with Crippen LogP contribution in [0.25, 0.3) is 0 Å². The predicted molar refractivity (Wildman–Crippen MR) is 140 cm³/mol. The van der Waals surface area contributed by atoms with E-state index in [4.69, 9.17) is 39.5 Å². The molecular formula is C23H28Cl3N3O5S. The molecule has 1 atom stereocenters. The molecule has 35 heavy (non-hydrogen) atoms. The topological polar surface area (TPSA) is 96.0 Å². The molecular weight excluding hydrogens is 537 g/mol. The lowest BCUT2D eigenvalue weighted by atomic mass is 10.1. The number of anilines is 1. The number of nitrogens with zero attached hydrogens (tertiary/aromatic N) is 2. The van der Waals surface area contributed by atoms with Crippen LogP contribution in [0, 0.1) is 0 Å². The lowest BCUT2D eigenvalue weighted by Gasteiger charge is -2.33. The summed E-state index contributed by atoms with van der Waals surface area (Å²) in [6, 6.07) is 8.37. The summed E-state index contributed by atoms with van der Waals surface area (Å²) in [5, 5.41) is 3.66. The van der Waals surface area contributed by atoms with Crippen LogP contribution in [0.5, 0.6) is 5.75 Å². The Morgan fingerprint density at radius 3 is 2.26 bits per heavy atom. The number of ether oxygens (including phenoxy) is 1. The third-order valence-electron chi connectivity index (χ3n) is 5.20. The number of likely N-dealkylation sites (N-methyl/N-ethyl adjacent to an activating group) is 1. The van der Waals surface area contributed by atoms with Crippen molar-refractivity contribution < 1.29 is 22.7 Å². The maximum absolute atomic E-state index is 13.6. The number of carbonyl (C=O) groups is 2. The fourth-order valence-corrected chi connectivity index (χ4v) is 5.03. The Kier molecular flexibility index (Phi) is 10.5. The second kappa shape index (κ2) is 12.7. The van der Waals surface area contributed by atoms with Crippen LogP contribution in [0.3, 0.4) is 0 Å². The van der Waals surface area contributed by atoms with Gasteiger partial charge in [0.05, 0.1) is 24.1 Å². The molecule has 12 heteroatoms. The molecule has 0 fully saturated rings. The normalized spacial score (nSPS) is 12.1. The predicted octanol–water partition coefficient (Wildman–Crippen LogP) is 4.36. The van der Waals surface area contributed by atoms with Crippen molar-refractivity contribution in [2.24, 2.45) is 0 Å². The van der Waals surface area contributed by atoms with Gasteiger partial charge >= 0.3 is 0 Å². The molecule has 0 unspecified atom stereocenters. The van der Waals surface area contributed by atoms with E-state index in [2.05, 4.69) is 5.32 Å². The largest absolute Gasteiger partial charge is 0.495 e. The number of hydrogen-bond acceptors (Lipinski definition) is 5. The molecule has 2 aromatic carbocycles. The van der Waals surface area contributed by atoms with Crippen LogP contribution in [-0.4, -0.2) is 57.6 Å². The molecule has 0 aliphatic carbocycles. The number of sulfonamides is 1. The molecule has 0 bridgehead atoms. The van der Waals surface area contributed by atoms with Crippen LogP contribution in [0.1, 0.15) is 25.8 Å². The Morgan fingerprint density at radius 2 is 1.74 bits per heavy atom. The Morgan fingerprint density at radius 1 is 1.06 bits per heavy atom. The lowest BCUT2D eigenvalue weighted by Crippen LogP contribution is -2.52. The fourth-order valence-electron chi connectivity index (χ4n) is 3.47. The molecule has 192 valence electrons. The first kappa shape index (κ1) is 29.0. The summed E-state index contributed by atoms with van der Waals surface area (Å²) in [5.41, 5.74) is 0.743. The highest BCUT2D eigenvalue weighted by Crippen LogP contribution is 2.30. The lowest BCUT2D eigenvalue weighted by molar-refractivity contribution is -0.140. The van der Waals surface area contributed by atoms with Crippen molar-refractivity contribution in [2.75, 3.05) is 30.8 Å². The number of halogens is 3. The third kappa shape index (κ3) is 7.64. The SMILES string of the molecule is CCNC(=O)[C@H](CC)N(Cc1ccc(Cl)cc1Cl)C(=O)CN(c1ccc(OC)c(Cl)c1)S(C)(=O)=O. The summed E-state index contributed by atoms with van der Waals surface area (Å²) < 4.78 is 31.4. The van der Waals surface area contributed by atoms with Gasteiger partial charge in [0.25, 0.3) is 0 Å². The Hall–Kier alpha value is -2.20. The van der Waals surface area contributed by atoms with Crippen molar-refractivity contribution in [2.45, 2.75) is 32.9 Å². The average Bonchev–Trinajstić information content (AvgIpc) is 2.78. The van der Waals surface area contributed by atoms with Gasteiger partial charge in [0.15, 0.2) is 0 Å². The van der Waals surface area contributed by atoms with E-state index < -0.39 is 28.5 Å². The number of methoxy groups -OCH3 is 1. The minimum atomic E-state index is -3.89. The Labute approximate surface area is 221 Å². The number of nitrogens with one attached hydrogen (secondary N) is 1. The maximum atomic E-state index is 13.6. The number of rotatable bonds is 11. The minimum absolute atomic E-state index is 0.0224. The van der Waals surface area contributed by atoms with Crippen LogP contribution >= 0.6 is 34.8 Å². The van der Waals surface area contributed by atoms with Crippen LogP contribution < -0.4 is 14.4 Å². The third-order valence-corrected chi connectivity index (χ3v) is 7.22. The number of amides is 2. The molecule has 2 amide bonds. The molecule has 0 aliphatic heterocycles. The molecule has 0 aliphatic rings. The molecule has 0 saturated carbocycles. The highest BCUT2D eigenvalue weighted by atomic mass is 35.5. The monoisotopic (exact) mass is 563 g/mol. The van der Waals surface area contributed by atoms with Crippen molar-refractivity contribution in [3.05, 3.63) is 57.0 Å².